The van der Waals surface area contributed by atoms with E-state index in [1.807, 2.05) is 6.92 Å². The zero-order valence-electron chi connectivity index (χ0n) is 8.48. The van der Waals surface area contributed by atoms with Crippen LogP contribution in [0.4, 0.5) is 22.0 Å². The van der Waals surface area contributed by atoms with Crippen molar-refractivity contribution in [2.75, 3.05) is 6.61 Å². The van der Waals surface area contributed by atoms with Crippen molar-refractivity contribution in [2.24, 2.45) is 0 Å². The Morgan fingerprint density at radius 1 is 1.25 bits per heavy atom. The average Bonchev–Trinajstić information content (AvgIpc) is 2.15. The molecule has 0 aliphatic heterocycles. The van der Waals surface area contributed by atoms with Gasteiger partial charge in [-0.15, -0.1) is 0 Å². The van der Waals surface area contributed by atoms with E-state index in [-0.39, 0.29) is 12.7 Å². The molecule has 0 spiro atoms. The van der Waals surface area contributed by atoms with Crippen LogP contribution in [0.2, 0.25) is 0 Å². The highest BCUT2D eigenvalue weighted by atomic mass is 19.4. The second-order valence-corrected chi connectivity index (χ2v) is 2.96. The van der Waals surface area contributed by atoms with Crippen LogP contribution < -0.4 is 0 Å². The van der Waals surface area contributed by atoms with Gasteiger partial charge in [-0.2, -0.15) is 22.0 Å². The van der Waals surface area contributed by atoms with Crippen molar-refractivity contribution in [3.05, 3.63) is 12.3 Å². The van der Waals surface area contributed by atoms with E-state index in [1.165, 1.54) is 0 Å². The molecule has 0 N–H and O–H groups in total. The molecule has 0 aliphatic rings. The maximum Gasteiger partial charge on any atom is 0.461 e. The molecule has 0 fully saturated rings. The lowest BCUT2D eigenvalue weighted by Crippen LogP contribution is -2.43. The molecule has 16 heavy (non-hydrogen) atoms. The van der Waals surface area contributed by atoms with Crippen LogP contribution in [0.5, 0.6) is 0 Å². The van der Waals surface area contributed by atoms with Gasteiger partial charge in [0.15, 0.2) is 0 Å². The largest absolute Gasteiger partial charge is 0.501 e. The summed E-state index contributed by atoms with van der Waals surface area (Å²) in [5.41, 5.74) is 0. The summed E-state index contributed by atoms with van der Waals surface area (Å²) in [6, 6.07) is 0. The van der Waals surface area contributed by atoms with Gasteiger partial charge >= 0.3 is 12.1 Å². The maximum absolute atomic E-state index is 12.3. The Labute approximate surface area is 89.1 Å². The number of alkyl halides is 5. The van der Waals surface area contributed by atoms with Gasteiger partial charge in [-0.3, -0.25) is 4.79 Å². The number of hydrogen-bond donors (Lipinski definition) is 0. The fraction of sp³-hybridized carbons (Fsp3) is 0.667. The maximum atomic E-state index is 12.3. The van der Waals surface area contributed by atoms with Crippen LogP contribution in [0, 0.1) is 0 Å². The molecule has 0 rings (SSSR count). The third-order valence-corrected chi connectivity index (χ3v) is 1.60. The number of ether oxygens (including phenoxy) is 1. The average molecular weight is 246 g/mol. The molecular weight excluding hydrogens is 235 g/mol. The molecule has 94 valence electrons. The lowest BCUT2D eigenvalue weighted by Gasteiger charge is -2.15. The van der Waals surface area contributed by atoms with Crippen molar-refractivity contribution >= 4 is 5.78 Å². The van der Waals surface area contributed by atoms with E-state index in [4.69, 9.17) is 0 Å². The Bertz CT molecular complexity index is 257. The van der Waals surface area contributed by atoms with Crippen molar-refractivity contribution in [2.45, 2.75) is 31.9 Å². The van der Waals surface area contributed by atoms with Crippen LogP contribution in [0.1, 0.15) is 19.8 Å². The molecule has 2 nitrogen and oxygen atoms in total. The summed E-state index contributed by atoms with van der Waals surface area (Å²) in [5, 5.41) is 0. The second kappa shape index (κ2) is 5.81. The number of halogens is 5. The van der Waals surface area contributed by atoms with Crippen molar-refractivity contribution in [3.8, 4) is 0 Å². The summed E-state index contributed by atoms with van der Waals surface area (Å²) in [5.74, 6) is -7.70. The van der Waals surface area contributed by atoms with E-state index in [2.05, 4.69) is 4.74 Å². The molecule has 7 heteroatoms. The molecule has 0 radical (unpaired) electrons. The number of rotatable bonds is 6. The Morgan fingerprint density at radius 3 is 2.25 bits per heavy atom. The summed E-state index contributed by atoms with van der Waals surface area (Å²) in [6.45, 7) is 2.01. The molecule has 0 unspecified atom stereocenters. The third kappa shape index (κ3) is 4.16. The minimum Gasteiger partial charge on any atom is -0.501 e. The summed E-state index contributed by atoms with van der Waals surface area (Å²) >= 11 is 0. The normalized spacial score (nSPS) is 13.1. The van der Waals surface area contributed by atoms with Crippen LogP contribution in [0.3, 0.4) is 0 Å². The SMILES string of the molecule is CCCCO/C=C/C(=O)C(F)(F)C(F)(F)F. The number of carbonyl (C=O) groups is 1. The van der Waals surface area contributed by atoms with Gasteiger partial charge in [-0.1, -0.05) is 13.3 Å². The first-order valence-corrected chi connectivity index (χ1v) is 4.50. The lowest BCUT2D eigenvalue weighted by molar-refractivity contribution is -0.266. The standard InChI is InChI=1S/C9H11F5O2/c1-2-3-5-16-6-4-7(15)8(10,11)9(12,13)14/h4,6H,2-3,5H2,1H3/b6-4+. The Kier molecular flexibility index (Phi) is 5.40. The molecule has 0 heterocycles. The first-order chi connectivity index (χ1) is 7.23. The van der Waals surface area contributed by atoms with Gasteiger partial charge < -0.3 is 4.74 Å². The molecule has 0 amide bonds. The summed E-state index contributed by atoms with van der Waals surface area (Å²) in [6.07, 6.45) is -3.84. The molecule has 0 aliphatic carbocycles. The molecule has 0 saturated heterocycles. The summed E-state index contributed by atoms with van der Waals surface area (Å²) in [4.78, 5) is 10.5. The molecule has 0 saturated carbocycles. The Morgan fingerprint density at radius 2 is 1.81 bits per heavy atom. The van der Waals surface area contributed by atoms with E-state index in [0.717, 1.165) is 6.42 Å². The molecule has 0 aromatic rings. The molecule has 0 bridgehead atoms. The molecule has 0 aromatic heterocycles. The Balaban J connectivity index is 4.25. The fourth-order valence-corrected chi connectivity index (χ4v) is 0.650. The predicted molar refractivity (Wildman–Crippen MR) is 46.0 cm³/mol. The summed E-state index contributed by atoms with van der Waals surface area (Å²) in [7, 11) is 0. The van der Waals surface area contributed by atoms with Crippen molar-refractivity contribution < 1.29 is 31.5 Å². The summed E-state index contributed by atoms with van der Waals surface area (Å²) < 4.78 is 64.2. The van der Waals surface area contributed by atoms with Gasteiger partial charge in [0.1, 0.15) is 0 Å². The molecular formula is C9H11F5O2. The first kappa shape index (κ1) is 14.9. The van der Waals surface area contributed by atoms with Gasteiger partial charge in [-0.05, 0) is 6.42 Å². The van der Waals surface area contributed by atoms with Crippen LogP contribution in [0.25, 0.3) is 0 Å². The highest BCUT2D eigenvalue weighted by Gasteiger charge is 2.62. The third-order valence-electron chi connectivity index (χ3n) is 1.60. The Hall–Kier alpha value is -1.14. The van der Waals surface area contributed by atoms with Crippen LogP contribution in [0.15, 0.2) is 12.3 Å². The minimum absolute atomic E-state index is 0.0865. The van der Waals surface area contributed by atoms with Crippen LogP contribution in [-0.4, -0.2) is 24.5 Å². The zero-order chi connectivity index (χ0) is 12.8. The van der Waals surface area contributed by atoms with Gasteiger partial charge in [0.05, 0.1) is 12.9 Å². The van der Waals surface area contributed by atoms with E-state index < -0.39 is 17.9 Å². The number of unbranched alkanes of at least 4 members (excludes halogenated alkanes) is 1. The predicted octanol–water partition coefficient (Wildman–Crippen LogP) is 3.08. The van der Waals surface area contributed by atoms with Gasteiger partial charge in [0.25, 0.3) is 0 Å². The topological polar surface area (TPSA) is 26.3 Å². The molecule has 0 aromatic carbocycles. The van der Waals surface area contributed by atoms with Crippen molar-refractivity contribution in [1.82, 2.24) is 0 Å². The van der Waals surface area contributed by atoms with Crippen LogP contribution in [-0.2, 0) is 9.53 Å². The van der Waals surface area contributed by atoms with E-state index in [0.29, 0.717) is 12.7 Å². The van der Waals surface area contributed by atoms with Crippen molar-refractivity contribution in [3.63, 3.8) is 0 Å². The van der Waals surface area contributed by atoms with Crippen LogP contribution >= 0.6 is 0 Å². The van der Waals surface area contributed by atoms with Crippen molar-refractivity contribution in [1.29, 1.82) is 0 Å². The highest BCUT2D eigenvalue weighted by Crippen LogP contribution is 2.36. The van der Waals surface area contributed by atoms with E-state index in [9.17, 15) is 26.7 Å². The van der Waals surface area contributed by atoms with Gasteiger partial charge in [-0.25, -0.2) is 0 Å². The number of allylic oxidation sites excluding steroid dienone is 1. The van der Waals surface area contributed by atoms with Gasteiger partial charge in [0.2, 0.25) is 5.78 Å². The minimum atomic E-state index is -5.88. The van der Waals surface area contributed by atoms with E-state index >= 15 is 0 Å². The van der Waals surface area contributed by atoms with E-state index in [1.54, 1.807) is 0 Å². The number of ketones is 1. The second-order valence-electron chi connectivity index (χ2n) is 2.96. The monoisotopic (exact) mass is 246 g/mol. The first-order valence-electron chi connectivity index (χ1n) is 4.50. The quantitative estimate of drug-likeness (QED) is 0.311. The fourth-order valence-electron chi connectivity index (χ4n) is 0.650. The smallest absolute Gasteiger partial charge is 0.461 e. The number of carbonyl (C=O) groups excluding carboxylic acids is 1. The number of hydrogen-bond acceptors (Lipinski definition) is 2. The zero-order valence-corrected chi connectivity index (χ0v) is 8.48. The lowest BCUT2D eigenvalue weighted by atomic mass is 10.2. The highest BCUT2D eigenvalue weighted by molar-refractivity contribution is 5.96. The molecule has 0 atom stereocenters. The van der Waals surface area contributed by atoms with Gasteiger partial charge in [0, 0.05) is 6.08 Å².